The number of hydrogen-bond acceptors (Lipinski definition) is 1. The Balaban J connectivity index is 1.87. The summed E-state index contributed by atoms with van der Waals surface area (Å²) in [5, 5.41) is 0. The predicted octanol–water partition coefficient (Wildman–Crippen LogP) is 2.79. The van der Waals surface area contributed by atoms with E-state index in [2.05, 4.69) is 6.92 Å². The molecule has 2 atom stereocenters. The average Bonchev–Trinajstić information content (AvgIpc) is 2.31. The molecule has 0 aromatic rings. The molecule has 0 aromatic heterocycles. The van der Waals surface area contributed by atoms with Crippen molar-refractivity contribution in [1.29, 1.82) is 0 Å². The molecule has 2 aliphatic carbocycles. The summed E-state index contributed by atoms with van der Waals surface area (Å²) in [5.41, 5.74) is 0. The Morgan fingerprint density at radius 1 is 1.08 bits per heavy atom. The van der Waals surface area contributed by atoms with Gasteiger partial charge in [0.2, 0.25) is 0 Å². The van der Waals surface area contributed by atoms with Crippen LogP contribution in [0.15, 0.2) is 0 Å². The van der Waals surface area contributed by atoms with E-state index in [1.54, 1.807) is 0 Å². The van der Waals surface area contributed by atoms with E-state index in [1.807, 2.05) is 0 Å². The molecule has 0 radical (unpaired) electrons. The molecule has 0 heterocycles. The van der Waals surface area contributed by atoms with Gasteiger partial charge in [-0.1, -0.05) is 13.3 Å². The molecule has 0 saturated heterocycles. The summed E-state index contributed by atoms with van der Waals surface area (Å²) in [6.07, 6.45) is 7.29. The van der Waals surface area contributed by atoms with Crippen LogP contribution in [-0.4, -0.2) is 5.78 Å². The van der Waals surface area contributed by atoms with Gasteiger partial charge in [-0.3, -0.25) is 4.79 Å². The smallest absolute Gasteiger partial charge is 0.139 e. The zero-order valence-corrected chi connectivity index (χ0v) is 7.88. The summed E-state index contributed by atoms with van der Waals surface area (Å²) < 4.78 is 0. The van der Waals surface area contributed by atoms with Gasteiger partial charge in [0, 0.05) is 11.8 Å². The van der Waals surface area contributed by atoms with Gasteiger partial charge in [0.15, 0.2) is 0 Å². The highest BCUT2D eigenvalue weighted by Crippen LogP contribution is 2.37. The fourth-order valence-corrected chi connectivity index (χ4v) is 2.49. The molecule has 0 spiro atoms. The second-order valence-corrected chi connectivity index (χ2v) is 4.65. The third kappa shape index (κ3) is 1.41. The molecule has 1 nitrogen and oxygen atoms in total. The fraction of sp³-hybridized carbons (Fsp3) is 0.909. The highest BCUT2D eigenvalue weighted by molar-refractivity contribution is 5.84. The number of carbonyl (C=O) groups excluding carboxylic acids is 1. The van der Waals surface area contributed by atoms with Gasteiger partial charge < -0.3 is 0 Å². The normalized spacial score (nSPS) is 36.4. The molecule has 0 bridgehead atoms. The molecular formula is C11H18O. The molecule has 0 N–H and O–H groups in total. The molecule has 12 heavy (non-hydrogen) atoms. The first-order valence-corrected chi connectivity index (χ1v) is 5.31. The van der Waals surface area contributed by atoms with Crippen molar-refractivity contribution < 1.29 is 4.79 Å². The molecule has 2 rings (SSSR count). The minimum Gasteiger partial charge on any atom is -0.299 e. The topological polar surface area (TPSA) is 17.1 Å². The lowest BCUT2D eigenvalue weighted by molar-refractivity contribution is -0.129. The van der Waals surface area contributed by atoms with Crippen LogP contribution in [0.4, 0.5) is 0 Å². The Morgan fingerprint density at radius 3 is 2.25 bits per heavy atom. The van der Waals surface area contributed by atoms with Crippen molar-refractivity contribution in [3.63, 3.8) is 0 Å². The zero-order chi connectivity index (χ0) is 8.55. The van der Waals surface area contributed by atoms with Crippen molar-refractivity contribution >= 4 is 5.78 Å². The lowest BCUT2D eigenvalue weighted by Gasteiger charge is -2.26. The molecular weight excluding hydrogens is 148 g/mol. The van der Waals surface area contributed by atoms with Gasteiger partial charge in [0.25, 0.3) is 0 Å². The maximum Gasteiger partial charge on any atom is 0.139 e. The van der Waals surface area contributed by atoms with Crippen molar-refractivity contribution in [2.75, 3.05) is 0 Å². The van der Waals surface area contributed by atoms with E-state index < -0.39 is 0 Å². The largest absolute Gasteiger partial charge is 0.299 e. The first kappa shape index (κ1) is 8.28. The van der Waals surface area contributed by atoms with E-state index in [0.717, 1.165) is 5.92 Å². The second kappa shape index (κ2) is 3.20. The Labute approximate surface area is 74.5 Å². The predicted molar refractivity (Wildman–Crippen MR) is 48.9 cm³/mol. The standard InChI is InChI=1S/C11H18O/c1-8-5-6-10(7-8)11(12)9-3-2-4-9/h8-10H,2-7H2,1H3. The van der Waals surface area contributed by atoms with Crippen molar-refractivity contribution in [1.82, 2.24) is 0 Å². The Hall–Kier alpha value is -0.330. The summed E-state index contributed by atoms with van der Waals surface area (Å²) in [5.74, 6) is 2.33. The van der Waals surface area contributed by atoms with Crippen molar-refractivity contribution in [2.24, 2.45) is 17.8 Å². The Morgan fingerprint density at radius 2 is 1.83 bits per heavy atom. The van der Waals surface area contributed by atoms with Crippen LogP contribution in [-0.2, 0) is 4.79 Å². The van der Waals surface area contributed by atoms with Gasteiger partial charge in [-0.2, -0.15) is 0 Å². The monoisotopic (exact) mass is 166 g/mol. The molecule has 1 heteroatoms. The number of hydrogen-bond donors (Lipinski definition) is 0. The van der Waals surface area contributed by atoms with Crippen LogP contribution in [0.25, 0.3) is 0 Å². The van der Waals surface area contributed by atoms with Crippen molar-refractivity contribution in [2.45, 2.75) is 45.4 Å². The van der Waals surface area contributed by atoms with Gasteiger partial charge in [0.1, 0.15) is 5.78 Å². The van der Waals surface area contributed by atoms with Crippen molar-refractivity contribution in [3.8, 4) is 0 Å². The van der Waals surface area contributed by atoms with Gasteiger partial charge in [-0.15, -0.1) is 0 Å². The number of ketones is 1. The van der Waals surface area contributed by atoms with Crippen LogP contribution in [0.5, 0.6) is 0 Å². The van der Waals surface area contributed by atoms with Crippen LogP contribution >= 0.6 is 0 Å². The Kier molecular flexibility index (Phi) is 2.20. The number of Topliss-reactive ketones (excluding diaryl/α,β-unsaturated/α-hetero) is 1. The number of rotatable bonds is 2. The minimum absolute atomic E-state index is 0.449. The van der Waals surface area contributed by atoms with Crippen molar-refractivity contribution in [3.05, 3.63) is 0 Å². The fourth-order valence-electron chi connectivity index (χ4n) is 2.49. The summed E-state index contributed by atoms with van der Waals surface area (Å²) >= 11 is 0. The quantitative estimate of drug-likeness (QED) is 0.616. The lowest BCUT2D eigenvalue weighted by atomic mass is 9.77. The molecule has 2 unspecified atom stereocenters. The second-order valence-electron chi connectivity index (χ2n) is 4.65. The summed E-state index contributed by atoms with van der Waals surface area (Å²) in [4.78, 5) is 11.8. The maximum absolute atomic E-state index is 11.8. The highest BCUT2D eigenvalue weighted by Gasteiger charge is 2.34. The van der Waals surface area contributed by atoms with E-state index in [9.17, 15) is 4.79 Å². The summed E-state index contributed by atoms with van der Waals surface area (Å²) in [7, 11) is 0. The van der Waals surface area contributed by atoms with Gasteiger partial charge in [-0.25, -0.2) is 0 Å². The van der Waals surface area contributed by atoms with Gasteiger partial charge >= 0.3 is 0 Å². The third-order valence-electron chi connectivity index (χ3n) is 3.60. The van der Waals surface area contributed by atoms with E-state index in [0.29, 0.717) is 17.6 Å². The van der Waals surface area contributed by atoms with Crippen LogP contribution in [0.2, 0.25) is 0 Å². The molecule has 2 saturated carbocycles. The molecule has 2 aliphatic rings. The van der Waals surface area contributed by atoms with E-state index in [1.165, 1.54) is 38.5 Å². The van der Waals surface area contributed by atoms with Crippen LogP contribution < -0.4 is 0 Å². The summed E-state index contributed by atoms with van der Waals surface area (Å²) in [6, 6.07) is 0. The number of carbonyl (C=O) groups is 1. The van der Waals surface area contributed by atoms with Crippen LogP contribution in [0.1, 0.15) is 45.4 Å². The van der Waals surface area contributed by atoms with Gasteiger partial charge in [0.05, 0.1) is 0 Å². The average molecular weight is 166 g/mol. The SMILES string of the molecule is CC1CCC(C(=O)C2CCC2)C1. The van der Waals surface area contributed by atoms with E-state index in [4.69, 9.17) is 0 Å². The van der Waals surface area contributed by atoms with Crippen LogP contribution in [0.3, 0.4) is 0 Å². The Bertz CT molecular complexity index is 181. The van der Waals surface area contributed by atoms with Crippen LogP contribution in [0, 0.1) is 17.8 Å². The molecule has 0 aromatic carbocycles. The zero-order valence-electron chi connectivity index (χ0n) is 7.88. The van der Waals surface area contributed by atoms with E-state index >= 15 is 0 Å². The molecule has 68 valence electrons. The minimum atomic E-state index is 0.449. The maximum atomic E-state index is 11.8. The highest BCUT2D eigenvalue weighted by atomic mass is 16.1. The van der Waals surface area contributed by atoms with E-state index in [-0.39, 0.29) is 0 Å². The lowest BCUT2D eigenvalue weighted by Crippen LogP contribution is -2.27. The summed E-state index contributed by atoms with van der Waals surface area (Å²) in [6.45, 7) is 2.27. The molecule has 0 aliphatic heterocycles. The first-order chi connectivity index (χ1) is 5.77. The molecule has 0 amide bonds. The van der Waals surface area contributed by atoms with Gasteiger partial charge in [-0.05, 0) is 38.0 Å². The first-order valence-electron chi connectivity index (χ1n) is 5.31. The third-order valence-corrected chi connectivity index (χ3v) is 3.60. The molecule has 2 fully saturated rings.